The number of carbonyl (C=O) groups excluding carboxylic acids is 3. The van der Waals surface area contributed by atoms with Crippen LogP contribution >= 0.6 is 0 Å². The molecule has 1 N–H and O–H groups in total. The first-order valence-electron chi connectivity index (χ1n) is 32.1. The Labute approximate surface area is 523 Å². The summed E-state index contributed by atoms with van der Waals surface area (Å²) >= 11 is 0. The maximum atomic E-state index is 14.6. The monoisotopic (exact) mass is 1220 g/mol. The van der Waals surface area contributed by atoms with Crippen LogP contribution in [-0.2, 0) is 59.0 Å². The molecule has 88 heavy (non-hydrogen) atoms. The minimum atomic E-state index is -0.725. The van der Waals surface area contributed by atoms with Crippen LogP contribution < -0.4 is 18.9 Å². The third-order valence-corrected chi connectivity index (χ3v) is 14.9. The number of unbranched alkanes of at least 4 members (excludes halogenated alkanes) is 12. The Morgan fingerprint density at radius 3 is 1.58 bits per heavy atom. The number of aliphatic hydroxyl groups excluding tert-OH is 1. The Kier molecular flexibility index (Phi) is 33.8. The van der Waals surface area contributed by atoms with Crippen molar-refractivity contribution >= 4 is 17.9 Å². The minimum Gasteiger partial charge on any atom is -0.494 e. The van der Waals surface area contributed by atoms with Crippen molar-refractivity contribution in [2.24, 2.45) is 5.92 Å². The summed E-state index contributed by atoms with van der Waals surface area (Å²) in [5.74, 6) is -0.967. The molecule has 1 atom stereocenters. The summed E-state index contributed by atoms with van der Waals surface area (Å²) in [4.78, 5) is 35.7. The summed E-state index contributed by atoms with van der Waals surface area (Å²) in [5, 5.41) is 8.92. The molecule has 1 unspecified atom stereocenters. The van der Waals surface area contributed by atoms with Gasteiger partial charge in [0.15, 0.2) is 17.4 Å². The Hall–Kier alpha value is -6.87. The summed E-state index contributed by atoms with van der Waals surface area (Å²) in [5.41, 5.74) is 8.81. The maximum Gasteiger partial charge on any atom is 0.333 e. The number of esters is 3. The molecule has 5 aromatic carbocycles. The molecule has 0 radical (unpaired) electrons. The summed E-state index contributed by atoms with van der Waals surface area (Å²) in [6, 6.07) is 30.3. The Morgan fingerprint density at radius 2 is 1.05 bits per heavy atom. The average Bonchev–Trinajstić information content (AvgIpc) is 2.17. The highest BCUT2D eigenvalue weighted by Gasteiger charge is 2.22. The van der Waals surface area contributed by atoms with Crippen molar-refractivity contribution in [3.05, 3.63) is 155 Å². The standard InChI is InChI=1S/C44H58O7.C30H40F2O5/c1-6-36-18-10-11-21-41(36)39-31-37(19-15-29-50-43(46)33(2)3)42(38(32-39)20-16-30-51-44(47)34(4)5)49-28-13-7-9-17-35-22-24-40(25-23-35)48-27-14-8-12-26-45;1-22(2)30(33)37-25-14-12-23(13-15-25)24-18-27(31)29(28(32)19-24)35-17-11-9-7-5-3-4-6-8-10-16-34-20-26-21-36-26/h10-11,18,21-25,31-32,45H,2,4,6-9,12-17,19-20,26-30H2,1,3,5H3;12-15,18-19,22,26H,3-11,16-17,20-21H2,1-2H3. The van der Waals surface area contributed by atoms with E-state index in [9.17, 15) is 23.2 Å². The van der Waals surface area contributed by atoms with Gasteiger partial charge in [-0.2, -0.15) is 0 Å². The van der Waals surface area contributed by atoms with E-state index in [1.807, 2.05) is 12.1 Å². The van der Waals surface area contributed by atoms with Crippen molar-refractivity contribution < 1.29 is 66.2 Å². The van der Waals surface area contributed by atoms with Crippen molar-refractivity contribution in [3.8, 4) is 45.3 Å². The number of hydrogen-bond donors (Lipinski definition) is 1. The van der Waals surface area contributed by atoms with E-state index in [4.69, 9.17) is 43.0 Å². The van der Waals surface area contributed by atoms with Crippen LogP contribution in [0.5, 0.6) is 23.0 Å². The van der Waals surface area contributed by atoms with Gasteiger partial charge in [-0.1, -0.05) is 127 Å². The zero-order chi connectivity index (χ0) is 63.3. The van der Waals surface area contributed by atoms with E-state index in [1.165, 1.54) is 60.9 Å². The summed E-state index contributed by atoms with van der Waals surface area (Å²) in [6.45, 7) is 21.1. The molecule has 0 spiro atoms. The van der Waals surface area contributed by atoms with Gasteiger partial charge >= 0.3 is 17.9 Å². The number of epoxide rings is 1. The van der Waals surface area contributed by atoms with Gasteiger partial charge < -0.3 is 43.0 Å². The molecule has 12 nitrogen and oxygen atoms in total. The molecular weight excluding hydrogens is 1120 g/mol. The normalized spacial score (nSPS) is 12.4. The molecule has 0 amide bonds. The van der Waals surface area contributed by atoms with E-state index in [0.29, 0.717) is 86.2 Å². The van der Waals surface area contributed by atoms with Gasteiger partial charge in [0.05, 0.1) is 52.2 Å². The van der Waals surface area contributed by atoms with E-state index in [1.54, 1.807) is 52.0 Å². The van der Waals surface area contributed by atoms with Crippen LogP contribution in [0, 0.1) is 17.6 Å². The molecule has 480 valence electrons. The molecular formula is C74H98F2O12. The van der Waals surface area contributed by atoms with Crippen molar-refractivity contribution in [1.82, 2.24) is 0 Å². The number of benzene rings is 5. The smallest absolute Gasteiger partial charge is 0.333 e. The number of carbonyl (C=O) groups is 3. The first-order chi connectivity index (χ1) is 42.7. The van der Waals surface area contributed by atoms with Crippen molar-refractivity contribution in [1.29, 1.82) is 0 Å². The van der Waals surface area contributed by atoms with Gasteiger partial charge in [-0.3, -0.25) is 4.79 Å². The molecule has 1 fully saturated rings. The Bertz CT molecular complexity index is 2800. The zero-order valence-electron chi connectivity index (χ0n) is 53.2. The molecule has 1 heterocycles. The first-order valence-corrected chi connectivity index (χ1v) is 32.1. The number of aliphatic hydroxyl groups is 1. The van der Waals surface area contributed by atoms with E-state index in [0.717, 1.165) is 125 Å². The molecule has 1 aliphatic heterocycles. The van der Waals surface area contributed by atoms with Gasteiger partial charge in [0.1, 0.15) is 23.4 Å². The number of ether oxygens (including phenoxy) is 8. The highest BCUT2D eigenvalue weighted by Crippen LogP contribution is 2.36. The lowest BCUT2D eigenvalue weighted by molar-refractivity contribution is -0.139. The fourth-order valence-electron chi connectivity index (χ4n) is 9.70. The van der Waals surface area contributed by atoms with Crippen LogP contribution in [0.15, 0.2) is 121 Å². The largest absolute Gasteiger partial charge is 0.494 e. The number of aryl methyl sites for hydroxylation is 4. The molecule has 0 bridgehead atoms. The zero-order valence-corrected chi connectivity index (χ0v) is 53.2. The van der Waals surface area contributed by atoms with E-state index < -0.39 is 11.6 Å². The third kappa shape index (κ3) is 27.7. The predicted molar refractivity (Wildman–Crippen MR) is 345 cm³/mol. The van der Waals surface area contributed by atoms with Crippen LogP contribution in [0.3, 0.4) is 0 Å². The van der Waals surface area contributed by atoms with Crippen LogP contribution in [0.25, 0.3) is 22.3 Å². The number of halogens is 2. The number of hydrogen-bond acceptors (Lipinski definition) is 12. The molecule has 0 saturated carbocycles. The topological polar surface area (TPSA) is 149 Å². The lowest BCUT2D eigenvalue weighted by Crippen LogP contribution is -2.14. The fraction of sp³-hybridized carbons (Fsp3) is 0.500. The minimum absolute atomic E-state index is 0.233. The molecule has 14 heteroatoms. The molecule has 1 aliphatic rings. The van der Waals surface area contributed by atoms with E-state index in [-0.39, 0.29) is 42.8 Å². The van der Waals surface area contributed by atoms with Gasteiger partial charge in [0, 0.05) is 24.4 Å². The first kappa shape index (κ1) is 71.9. The predicted octanol–water partition coefficient (Wildman–Crippen LogP) is 16.9. The highest BCUT2D eigenvalue weighted by atomic mass is 19.1. The highest BCUT2D eigenvalue weighted by molar-refractivity contribution is 5.87. The third-order valence-electron chi connectivity index (χ3n) is 14.9. The van der Waals surface area contributed by atoms with Crippen LogP contribution in [0.4, 0.5) is 8.78 Å². The molecule has 0 aliphatic carbocycles. The summed E-state index contributed by atoms with van der Waals surface area (Å²) < 4.78 is 73.7. The van der Waals surface area contributed by atoms with Crippen molar-refractivity contribution in [2.45, 2.75) is 176 Å². The lowest BCUT2D eigenvalue weighted by Gasteiger charge is -2.20. The molecule has 1 saturated heterocycles. The quantitative estimate of drug-likeness (QED) is 0.0130. The van der Waals surface area contributed by atoms with Gasteiger partial charge in [0.2, 0.25) is 0 Å². The number of rotatable bonds is 43. The van der Waals surface area contributed by atoms with Crippen LogP contribution in [0.2, 0.25) is 0 Å². The van der Waals surface area contributed by atoms with Gasteiger partial charge in [-0.05, 0) is 197 Å². The van der Waals surface area contributed by atoms with Gasteiger partial charge in [0.25, 0.3) is 0 Å². The SMILES string of the molecule is C=C(C)C(=O)OCCCc1cc(-c2ccccc2CC)cc(CCCOC(=O)C(=C)C)c1OCCCCCc1ccc(OCCCCCO)cc1.CC(C)C(=O)Oc1ccc(-c2cc(F)c(OCCCCCCCCCCCOCC3CO3)c(F)c2)cc1. The summed E-state index contributed by atoms with van der Waals surface area (Å²) in [7, 11) is 0. The second-order valence-corrected chi connectivity index (χ2v) is 23.0. The van der Waals surface area contributed by atoms with Crippen LogP contribution in [-0.4, -0.2) is 88.6 Å². The summed E-state index contributed by atoms with van der Waals surface area (Å²) in [6.07, 6.45) is 20.7. The van der Waals surface area contributed by atoms with Gasteiger partial charge in [-0.15, -0.1) is 0 Å². The average molecular weight is 1220 g/mol. The second-order valence-electron chi connectivity index (χ2n) is 23.0. The lowest BCUT2D eigenvalue weighted by atomic mass is 9.91. The van der Waals surface area contributed by atoms with Crippen molar-refractivity contribution in [3.63, 3.8) is 0 Å². The fourth-order valence-corrected chi connectivity index (χ4v) is 9.70. The van der Waals surface area contributed by atoms with Crippen LogP contribution in [0.1, 0.15) is 166 Å². The van der Waals surface area contributed by atoms with E-state index >= 15 is 0 Å². The molecule has 0 aromatic heterocycles. The van der Waals surface area contributed by atoms with Gasteiger partial charge in [-0.25, -0.2) is 18.4 Å². The Morgan fingerprint density at radius 1 is 0.545 bits per heavy atom. The molecule has 6 rings (SSSR count). The molecule has 5 aromatic rings. The Balaban J connectivity index is 0.000000337. The maximum absolute atomic E-state index is 14.6. The second kappa shape index (κ2) is 41.4. The van der Waals surface area contributed by atoms with E-state index in [2.05, 4.69) is 68.6 Å². The van der Waals surface area contributed by atoms with Crippen molar-refractivity contribution in [2.75, 3.05) is 59.5 Å².